The molecule has 0 unspecified atom stereocenters. The molecule has 5 nitrogen and oxygen atoms in total. The monoisotopic (exact) mass is 266 g/mol. The van der Waals surface area contributed by atoms with Gasteiger partial charge in [-0.25, -0.2) is 4.98 Å². The topological polar surface area (TPSA) is 73.9 Å². The fourth-order valence-corrected chi connectivity index (χ4v) is 1.32. The van der Waals surface area contributed by atoms with Gasteiger partial charge in [0.1, 0.15) is 17.8 Å². The minimum Gasteiger partial charge on any atom is -0.435 e. The molecule has 0 atom stereocenters. The third kappa shape index (κ3) is 2.41. The summed E-state index contributed by atoms with van der Waals surface area (Å²) in [5.41, 5.74) is 6.01. The number of aromatic nitrogens is 3. The lowest BCUT2D eigenvalue weighted by atomic mass is 10.4. The van der Waals surface area contributed by atoms with E-state index in [0.717, 1.165) is 4.47 Å². The minimum atomic E-state index is 0.324. The summed E-state index contributed by atoms with van der Waals surface area (Å²) in [6.07, 6.45) is 6.09. The van der Waals surface area contributed by atoms with E-state index in [4.69, 9.17) is 10.5 Å². The van der Waals surface area contributed by atoms with Crippen LogP contribution in [0.3, 0.4) is 0 Å². The summed E-state index contributed by atoms with van der Waals surface area (Å²) in [5.74, 6) is 0.889. The number of nitrogens with two attached hydrogens (primary N) is 1. The molecule has 0 spiro atoms. The first-order valence-electron chi connectivity index (χ1n) is 4.09. The number of halogens is 1. The van der Waals surface area contributed by atoms with Crippen molar-refractivity contribution in [2.75, 3.05) is 5.73 Å². The molecule has 76 valence electrons. The Balaban J connectivity index is 2.26. The minimum absolute atomic E-state index is 0.324. The smallest absolute Gasteiger partial charge is 0.245 e. The molecule has 0 aromatic carbocycles. The summed E-state index contributed by atoms with van der Waals surface area (Å²) in [6, 6.07) is 1.77. The first kappa shape index (κ1) is 9.85. The highest BCUT2D eigenvalue weighted by Gasteiger charge is 2.03. The van der Waals surface area contributed by atoms with Gasteiger partial charge in [-0.2, -0.15) is 4.98 Å². The Hall–Kier alpha value is -1.69. The summed E-state index contributed by atoms with van der Waals surface area (Å²) in [4.78, 5) is 11.6. The van der Waals surface area contributed by atoms with Crippen LogP contribution in [0.5, 0.6) is 11.6 Å². The zero-order valence-corrected chi connectivity index (χ0v) is 9.18. The maximum atomic E-state index is 5.62. The number of hydrogen-bond acceptors (Lipinski definition) is 5. The second-order valence-electron chi connectivity index (χ2n) is 2.72. The fraction of sp³-hybridized carbons (Fsp3) is 0. The van der Waals surface area contributed by atoms with E-state index in [1.54, 1.807) is 18.5 Å². The molecule has 0 amide bonds. The van der Waals surface area contributed by atoms with Gasteiger partial charge in [-0.15, -0.1) is 0 Å². The normalized spacial score (nSPS) is 9.93. The third-order valence-electron chi connectivity index (χ3n) is 1.60. The zero-order chi connectivity index (χ0) is 10.7. The SMILES string of the molecule is Nc1cncnc1Oc1cncc(Br)c1. The largest absolute Gasteiger partial charge is 0.435 e. The highest BCUT2D eigenvalue weighted by molar-refractivity contribution is 9.10. The first-order chi connectivity index (χ1) is 7.25. The molecule has 0 aliphatic carbocycles. The molecule has 0 radical (unpaired) electrons. The second kappa shape index (κ2) is 4.22. The average molecular weight is 267 g/mol. The number of nitrogen functional groups attached to an aromatic ring is 1. The van der Waals surface area contributed by atoms with Gasteiger partial charge < -0.3 is 10.5 Å². The molecule has 0 aliphatic heterocycles. The number of ether oxygens (including phenoxy) is 1. The molecule has 2 aromatic heterocycles. The Morgan fingerprint density at radius 3 is 2.80 bits per heavy atom. The van der Waals surface area contributed by atoms with E-state index in [-0.39, 0.29) is 0 Å². The van der Waals surface area contributed by atoms with Gasteiger partial charge in [0.05, 0.1) is 12.4 Å². The van der Waals surface area contributed by atoms with Crippen LogP contribution in [0.25, 0.3) is 0 Å². The van der Waals surface area contributed by atoms with Crippen LogP contribution in [0.4, 0.5) is 5.69 Å². The molecule has 0 bridgehead atoms. The molecule has 2 rings (SSSR count). The molecular weight excluding hydrogens is 260 g/mol. The quantitative estimate of drug-likeness (QED) is 0.900. The van der Waals surface area contributed by atoms with Gasteiger partial charge in [0.25, 0.3) is 0 Å². The summed E-state index contributed by atoms with van der Waals surface area (Å²) >= 11 is 3.29. The lowest BCUT2D eigenvalue weighted by molar-refractivity contribution is 0.461. The maximum absolute atomic E-state index is 5.62. The van der Waals surface area contributed by atoms with Crippen LogP contribution in [-0.2, 0) is 0 Å². The number of rotatable bonds is 2. The van der Waals surface area contributed by atoms with Crippen molar-refractivity contribution in [3.8, 4) is 11.6 Å². The highest BCUT2D eigenvalue weighted by Crippen LogP contribution is 2.24. The van der Waals surface area contributed by atoms with Crippen LogP contribution in [0, 0.1) is 0 Å². The zero-order valence-electron chi connectivity index (χ0n) is 7.59. The van der Waals surface area contributed by atoms with Crippen LogP contribution in [0.2, 0.25) is 0 Å². The number of nitrogens with zero attached hydrogens (tertiary/aromatic N) is 3. The Morgan fingerprint density at radius 1 is 1.20 bits per heavy atom. The van der Waals surface area contributed by atoms with Gasteiger partial charge in [0.15, 0.2) is 0 Å². The fourth-order valence-electron chi connectivity index (χ4n) is 0.974. The molecular formula is C9H7BrN4O. The van der Waals surface area contributed by atoms with Crippen molar-refractivity contribution in [2.24, 2.45) is 0 Å². The lowest BCUT2D eigenvalue weighted by Crippen LogP contribution is -1.95. The van der Waals surface area contributed by atoms with Crippen LogP contribution in [0.1, 0.15) is 0 Å². The van der Waals surface area contributed by atoms with Crippen molar-refractivity contribution in [3.63, 3.8) is 0 Å². The molecule has 0 saturated heterocycles. The number of anilines is 1. The molecule has 6 heteroatoms. The van der Waals surface area contributed by atoms with Crippen LogP contribution in [0.15, 0.2) is 35.5 Å². The summed E-state index contributed by atoms with van der Waals surface area (Å²) in [5, 5.41) is 0. The lowest BCUT2D eigenvalue weighted by Gasteiger charge is -2.05. The van der Waals surface area contributed by atoms with Crippen LogP contribution >= 0.6 is 15.9 Å². The predicted octanol–water partition coefficient (Wildman–Crippen LogP) is 2.01. The van der Waals surface area contributed by atoms with Gasteiger partial charge in [0, 0.05) is 10.7 Å². The molecule has 0 fully saturated rings. The van der Waals surface area contributed by atoms with Crippen LogP contribution < -0.4 is 10.5 Å². The molecule has 15 heavy (non-hydrogen) atoms. The van der Waals surface area contributed by atoms with E-state index in [9.17, 15) is 0 Å². The summed E-state index contributed by atoms with van der Waals surface area (Å²) < 4.78 is 6.25. The van der Waals surface area contributed by atoms with Gasteiger partial charge >= 0.3 is 0 Å². The Bertz CT molecular complexity index is 477. The van der Waals surface area contributed by atoms with E-state index in [0.29, 0.717) is 17.3 Å². The van der Waals surface area contributed by atoms with Gasteiger partial charge in [-0.1, -0.05) is 0 Å². The summed E-state index contributed by atoms with van der Waals surface area (Å²) in [7, 11) is 0. The number of hydrogen-bond donors (Lipinski definition) is 1. The van der Waals surface area contributed by atoms with E-state index in [1.165, 1.54) is 12.5 Å². The molecule has 2 heterocycles. The second-order valence-corrected chi connectivity index (χ2v) is 3.64. The van der Waals surface area contributed by atoms with Crippen molar-refractivity contribution >= 4 is 21.6 Å². The van der Waals surface area contributed by atoms with E-state index >= 15 is 0 Å². The Kier molecular flexibility index (Phi) is 2.77. The van der Waals surface area contributed by atoms with Crippen molar-refractivity contribution in [3.05, 3.63) is 35.5 Å². The molecule has 2 N–H and O–H groups in total. The van der Waals surface area contributed by atoms with E-state index in [1.807, 2.05) is 0 Å². The van der Waals surface area contributed by atoms with Crippen molar-refractivity contribution in [2.45, 2.75) is 0 Å². The standard InChI is InChI=1S/C9H7BrN4O/c10-6-1-7(3-12-2-6)15-9-8(11)4-13-5-14-9/h1-5H,11H2. The Morgan fingerprint density at radius 2 is 2.07 bits per heavy atom. The molecule has 0 aliphatic rings. The van der Waals surface area contributed by atoms with Gasteiger partial charge in [0.2, 0.25) is 5.88 Å². The van der Waals surface area contributed by atoms with Gasteiger partial charge in [-0.3, -0.25) is 4.98 Å². The Labute approximate surface area is 94.5 Å². The average Bonchev–Trinajstić information content (AvgIpc) is 2.22. The first-order valence-corrected chi connectivity index (χ1v) is 4.89. The van der Waals surface area contributed by atoms with Gasteiger partial charge in [-0.05, 0) is 22.0 Å². The highest BCUT2D eigenvalue weighted by atomic mass is 79.9. The molecule has 2 aromatic rings. The van der Waals surface area contributed by atoms with E-state index < -0.39 is 0 Å². The van der Waals surface area contributed by atoms with Crippen molar-refractivity contribution in [1.29, 1.82) is 0 Å². The maximum Gasteiger partial charge on any atom is 0.245 e. The van der Waals surface area contributed by atoms with Crippen LogP contribution in [-0.4, -0.2) is 15.0 Å². The van der Waals surface area contributed by atoms with E-state index in [2.05, 4.69) is 30.9 Å². The third-order valence-corrected chi connectivity index (χ3v) is 2.03. The molecule has 0 saturated carbocycles. The summed E-state index contributed by atoms with van der Waals surface area (Å²) in [6.45, 7) is 0. The predicted molar refractivity (Wildman–Crippen MR) is 58.5 cm³/mol. The van der Waals surface area contributed by atoms with Crippen molar-refractivity contribution < 1.29 is 4.74 Å². The van der Waals surface area contributed by atoms with Crippen molar-refractivity contribution in [1.82, 2.24) is 15.0 Å². The number of pyridine rings is 1.